The standard InChI is InChI=1S/C14H26N4/c1-8-15-12-10(2)13(17-11(3)16-12)18(7)9-14(4,5)6/h8-9H2,1-7H3,(H,15,16,17). The molecule has 0 unspecified atom stereocenters. The van der Waals surface area contributed by atoms with Crippen LogP contribution in [0.2, 0.25) is 0 Å². The van der Waals surface area contributed by atoms with Crippen molar-refractivity contribution in [2.75, 3.05) is 30.4 Å². The first kappa shape index (κ1) is 14.7. The van der Waals surface area contributed by atoms with Crippen LogP contribution in [-0.4, -0.2) is 30.1 Å². The van der Waals surface area contributed by atoms with Crippen LogP contribution < -0.4 is 10.2 Å². The minimum Gasteiger partial charge on any atom is -0.370 e. The van der Waals surface area contributed by atoms with Gasteiger partial charge in [-0.05, 0) is 26.2 Å². The summed E-state index contributed by atoms with van der Waals surface area (Å²) in [6, 6.07) is 0. The Morgan fingerprint density at radius 3 is 2.28 bits per heavy atom. The molecule has 18 heavy (non-hydrogen) atoms. The number of anilines is 2. The first-order valence-electron chi connectivity index (χ1n) is 6.55. The molecule has 0 saturated carbocycles. The molecule has 0 amide bonds. The van der Waals surface area contributed by atoms with Gasteiger partial charge in [-0.25, -0.2) is 9.97 Å². The minimum atomic E-state index is 0.248. The van der Waals surface area contributed by atoms with E-state index in [2.05, 4.69) is 61.9 Å². The normalized spacial score (nSPS) is 11.5. The third-order valence-corrected chi connectivity index (χ3v) is 2.65. The Labute approximate surface area is 111 Å². The van der Waals surface area contributed by atoms with E-state index in [0.29, 0.717) is 0 Å². The van der Waals surface area contributed by atoms with E-state index in [-0.39, 0.29) is 5.41 Å². The lowest BCUT2D eigenvalue weighted by atomic mass is 9.96. The van der Waals surface area contributed by atoms with E-state index in [1.165, 1.54) is 0 Å². The molecule has 4 heteroatoms. The number of rotatable bonds is 4. The second kappa shape index (κ2) is 5.55. The summed E-state index contributed by atoms with van der Waals surface area (Å²) >= 11 is 0. The number of nitrogens with one attached hydrogen (secondary N) is 1. The molecule has 1 N–H and O–H groups in total. The number of hydrogen-bond acceptors (Lipinski definition) is 4. The van der Waals surface area contributed by atoms with Gasteiger partial charge in [0.15, 0.2) is 0 Å². The zero-order chi connectivity index (χ0) is 13.9. The maximum Gasteiger partial charge on any atom is 0.137 e. The fraction of sp³-hybridized carbons (Fsp3) is 0.714. The van der Waals surface area contributed by atoms with Crippen molar-refractivity contribution in [1.29, 1.82) is 0 Å². The second-order valence-corrected chi connectivity index (χ2v) is 6.02. The molecule has 1 rings (SSSR count). The Morgan fingerprint density at radius 1 is 1.17 bits per heavy atom. The molecule has 0 atom stereocenters. The largest absolute Gasteiger partial charge is 0.370 e. The SMILES string of the molecule is CCNc1nc(C)nc(N(C)CC(C)(C)C)c1C. The van der Waals surface area contributed by atoms with Crippen molar-refractivity contribution in [2.45, 2.75) is 41.5 Å². The lowest BCUT2D eigenvalue weighted by Crippen LogP contribution is -2.30. The Kier molecular flexibility index (Phi) is 4.54. The van der Waals surface area contributed by atoms with Crippen LogP contribution in [0.1, 0.15) is 39.1 Å². The van der Waals surface area contributed by atoms with Crippen LogP contribution in [0.25, 0.3) is 0 Å². The van der Waals surface area contributed by atoms with Crippen molar-refractivity contribution in [3.63, 3.8) is 0 Å². The molecule has 0 radical (unpaired) electrons. The van der Waals surface area contributed by atoms with E-state index in [1.54, 1.807) is 0 Å². The van der Waals surface area contributed by atoms with Crippen molar-refractivity contribution in [3.8, 4) is 0 Å². The molecule has 0 fully saturated rings. The van der Waals surface area contributed by atoms with Gasteiger partial charge >= 0.3 is 0 Å². The summed E-state index contributed by atoms with van der Waals surface area (Å²) in [5, 5.41) is 3.30. The lowest BCUT2D eigenvalue weighted by Gasteiger charge is -2.29. The summed E-state index contributed by atoms with van der Waals surface area (Å²) < 4.78 is 0. The summed E-state index contributed by atoms with van der Waals surface area (Å²) in [6.45, 7) is 14.6. The summed E-state index contributed by atoms with van der Waals surface area (Å²) in [6.07, 6.45) is 0. The van der Waals surface area contributed by atoms with E-state index >= 15 is 0 Å². The molecule has 102 valence electrons. The Bertz CT molecular complexity index is 407. The highest BCUT2D eigenvalue weighted by Crippen LogP contribution is 2.25. The van der Waals surface area contributed by atoms with Gasteiger partial charge in [0.05, 0.1) is 0 Å². The van der Waals surface area contributed by atoms with Gasteiger partial charge < -0.3 is 10.2 Å². The Hall–Kier alpha value is -1.32. The van der Waals surface area contributed by atoms with Gasteiger partial charge in [-0.1, -0.05) is 20.8 Å². The Morgan fingerprint density at radius 2 is 1.78 bits per heavy atom. The molecule has 0 aliphatic carbocycles. The van der Waals surface area contributed by atoms with Gasteiger partial charge in [-0.15, -0.1) is 0 Å². The van der Waals surface area contributed by atoms with E-state index < -0.39 is 0 Å². The molecular weight excluding hydrogens is 224 g/mol. The molecule has 0 bridgehead atoms. The smallest absolute Gasteiger partial charge is 0.137 e. The average Bonchev–Trinajstić information content (AvgIpc) is 2.20. The molecular formula is C14H26N4. The van der Waals surface area contributed by atoms with E-state index in [1.807, 2.05) is 6.92 Å². The van der Waals surface area contributed by atoms with Crippen molar-refractivity contribution in [1.82, 2.24) is 9.97 Å². The third kappa shape index (κ3) is 3.86. The fourth-order valence-electron chi connectivity index (χ4n) is 2.11. The van der Waals surface area contributed by atoms with Gasteiger partial charge in [-0.2, -0.15) is 0 Å². The number of aromatic nitrogens is 2. The second-order valence-electron chi connectivity index (χ2n) is 6.02. The van der Waals surface area contributed by atoms with Crippen LogP contribution in [-0.2, 0) is 0 Å². The summed E-state index contributed by atoms with van der Waals surface area (Å²) in [7, 11) is 2.09. The van der Waals surface area contributed by atoms with Crippen molar-refractivity contribution >= 4 is 11.6 Å². The van der Waals surface area contributed by atoms with Gasteiger partial charge in [0.1, 0.15) is 17.5 Å². The number of nitrogens with zero attached hydrogens (tertiary/aromatic N) is 3. The molecule has 4 nitrogen and oxygen atoms in total. The lowest BCUT2D eigenvalue weighted by molar-refractivity contribution is 0.417. The zero-order valence-corrected chi connectivity index (χ0v) is 12.8. The molecule has 1 aromatic rings. The molecule has 1 aromatic heterocycles. The topological polar surface area (TPSA) is 41.1 Å². The average molecular weight is 250 g/mol. The Balaban J connectivity index is 3.08. The van der Waals surface area contributed by atoms with E-state index in [9.17, 15) is 0 Å². The van der Waals surface area contributed by atoms with Gasteiger partial charge in [0.25, 0.3) is 0 Å². The maximum absolute atomic E-state index is 4.57. The van der Waals surface area contributed by atoms with Crippen LogP contribution in [0.15, 0.2) is 0 Å². The summed E-state index contributed by atoms with van der Waals surface area (Å²) in [5.74, 6) is 2.78. The van der Waals surface area contributed by atoms with Crippen LogP contribution in [0.4, 0.5) is 11.6 Å². The minimum absolute atomic E-state index is 0.248. The third-order valence-electron chi connectivity index (χ3n) is 2.65. The predicted molar refractivity (Wildman–Crippen MR) is 78.4 cm³/mol. The van der Waals surface area contributed by atoms with Gasteiger partial charge in [-0.3, -0.25) is 0 Å². The van der Waals surface area contributed by atoms with Gasteiger partial charge in [0, 0.05) is 25.7 Å². The van der Waals surface area contributed by atoms with E-state index in [0.717, 1.165) is 36.1 Å². The first-order valence-corrected chi connectivity index (χ1v) is 6.55. The summed E-state index contributed by atoms with van der Waals surface area (Å²) in [5.41, 5.74) is 1.37. The molecule has 1 heterocycles. The quantitative estimate of drug-likeness (QED) is 0.892. The van der Waals surface area contributed by atoms with Crippen LogP contribution in [0, 0.1) is 19.3 Å². The van der Waals surface area contributed by atoms with Gasteiger partial charge in [0.2, 0.25) is 0 Å². The monoisotopic (exact) mass is 250 g/mol. The zero-order valence-electron chi connectivity index (χ0n) is 12.8. The number of hydrogen-bond donors (Lipinski definition) is 1. The molecule has 0 saturated heterocycles. The van der Waals surface area contributed by atoms with E-state index in [4.69, 9.17) is 0 Å². The van der Waals surface area contributed by atoms with Crippen molar-refractivity contribution in [3.05, 3.63) is 11.4 Å². The summed E-state index contributed by atoms with van der Waals surface area (Å²) in [4.78, 5) is 11.2. The molecule has 0 spiro atoms. The van der Waals surface area contributed by atoms with Crippen LogP contribution in [0.3, 0.4) is 0 Å². The predicted octanol–water partition coefficient (Wildman–Crippen LogP) is 3.01. The fourth-order valence-corrected chi connectivity index (χ4v) is 2.11. The first-order chi connectivity index (χ1) is 8.24. The van der Waals surface area contributed by atoms with Crippen molar-refractivity contribution in [2.24, 2.45) is 5.41 Å². The highest BCUT2D eigenvalue weighted by atomic mass is 15.2. The van der Waals surface area contributed by atoms with Crippen LogP contribution in [0.5, 0.6) is 0 Å². The molecule has 0 aliphatic rings. The molecule has 0 aromatic carbocycles. The maximum atomic E-state index is 4.57. The van der Waals surface area contributed by atoms with Crippen LogP contribution >= 0.6 is 0 Å². The van der Waals surface area contributed by atoms with Crippen molar-refractivity contribution < 1.29 is 0 Å². The number of aryl methyl sites for hydroxylation is 1. The highest BCUT2D eigenvalue weighted by Gasteiger charge is 2.18. The highest BCUT2D eigenvalue weighted by molar-refractivity contribution is 5.58. The molecule has 0 aliphatic heterocycles.